The Bertz CT molecular complexity index is 339. The summed E-state index contributed by atoms with van der Waals surface area (Å²) in [6.45, 7) is 4.41. The first-order valence-corrected chi connectivity index (χ1v) is 5.32. The van der Waals surface area contributed by atoms with Gasteiger partial charge in [0.25, 0.3) is 5.79 Å². The molecule has 2 atom stereocenters. The molecular weight excluding hydrogens is 248 g/mol. The first-order valence-electron chi connectivity index (χ1n) is 5.32. The van der Waals surface area contributed by atoms with Crippen LogP contribution in [-0.2, 0) is 29.1 Å². The third kappa shape index (κ3) is 2.85. The number of ketones is 1. The van der Waals surface area contributed by atoms with Crippen LogP contribution >= 0.6 is 0 Å². The van der Waals surface area contributed by atoms with Gasteiger partial charge in [0, 0.05) is 19.3 Å². The third-order valence-corrected chi connectivity index (χ3v) is 3.09. The van der Waals surface area contributed by atoms with Gasteiger partial charge in [-0.1, -0.05) is 0 Å². The van der Waals surface area contributed by atoms with E-state index in [4.69, 9.17) is 20.3 Å². The number of hydrogen-bond donors (Lipinski definition) is 2. The van der Waals surface area contributed by atoms with Crippen molar-refractivity contribution in [1.82, 2.24) is 0 Å². The molecule has 1 saturated heterocycles. The summed E-state index contributed by atoms with van der Waals surface area (Å²) in [6.07, 6.45) is -0.327. The molecule has 0 radical (unpaired) electrons. The average Bonchev–Trinajstić information content (AvgIpc) is 2.31. The molecule has 104 valence electrons. The van der Waals surface area contributed by atoms with E-state index >= 15 is 0 Å². The Morgan fingerprint density at radius 3 is 2.39 bits per heavy atom. The van der Waals surface area contributed by atoms with Crippen molar-refractivity contribution in [3.05, 3.63) is 0 Å². The fourth-order valence-electron chi connectivity index (χ4n) is 1.72. The zero-order chi connectivity index (χ0) is 14.0. The standard InChI is InChI=1S/C10H16O8/c1-6(11)10(16-14)5-7(4-8(12)15-13)9(2,3)17-18-10/h7,13-14H,4-5H2,1-3H3. The predicted octanol–water partition coefficient (Wildman–Crippen LogP) is 0.914. The van der Waals surface area contributed by atoms with Gasteiger partial charge in [-0.05, 0) is 13.8 Å². The summed E-state index contributed by atoms with van der Waals surface area (Å²) in [5.74, 6) is -4.01. The Hall–Kier alpha value is -1.06. The lowest BCUT2D eigenvalue weighted by Gasteiger charge is -2.43. The summed E-state index contributed by atoms with van der Waals surface area (Å²) in [5, 5.41) is 17.1. The molecule has 8 heteroatoms. The molecule has 0 aromatic heterocycles. The second kappa shape index (κ2) is 5.29. The summed E-state index contributed by atoms with van der Waals surface area (Å²) in [4.78, 5) is 39.9. The molecule has 2 unspecified atom stereocenters. The smallest absolute Gasteiger partial charge is 0.301 e. The highest BCUT2D eigenvalue weighted by atomic mass is 17.3. The first-order chi connectivity index (χ1) is 8.27. The fraction of sp³-hybridized carbons (Fsp3) is 0.800. The predicted molar refractivity (Wildman–Crippen MR) is 54.8 cm³/mol. The number of rotatable bonds is 4. The summed E-state index contributed by atoms with van der Waals surface area (Å²) in [6, 6.07) is 0. The largest absolute Gasteiger partial charge is 0.342 e. The van der Waals surface area contributed by atoms with E-state index in [0.717, 1.165) is 6.92 Å². The number of carbonyl (C=O) groups excluding carboxylic acids is 2. The third-order valence-electron chi connectivity index (χ3n) is 3.09. The number of hydrogen-bond acceptors (Lipinski definition) is 8. The maximum atomic E-state index is 11.4. The molecule has 18 heavy (non-hydrogen) atoms. The van der Waals surface area contributed by atoms with Crippen LogP contribution in [0.5, 0.6) is 0 Å². The van der Waals surface area contributed by atoms with E-state index in [1.165, 1.54) is 0 Å². The number of Topliss-reactive ketones (excluding diaryl/α,β-unsaturated/α-hetero) is 1. The van der Waals surface area contributed by atoms with Gasteiger partial charge in [-0.25, -0.2) is 14.9 Å². The van der Waals surface area contributed by atoms with E-state index in [9.17, 15) is 9.59 Å². The Morgan fingerprint density at radius 2 is 1.94 bits per heavy atom. The summed E-state index contributed by atoms with van der Waals surface area (Å²) < 4.78 is 0. The maximum absolute atomic E-state index is 11.4. The average molecular weight is 264 g/mol. The van der Waals surface area contributed by atoms with Crippen LogP contribution < -0.4 is 0 Å². The van der Waals surface area contributed by atoms with E-state index in [0.29, 0.717) is 0 Å². The van der Waals surface area contributed by atoms with Crippen LogP contribution in [0.25, 0.3) is 0 Å². The van der Waals surface area contributed by atoms with Crippen LogP contribution in [0.1, 0.15) is 33.6 Å². The van der Waals surface area contributed by atoms with Gasteiger partial charge in [-0.2, -0.15) is 15.0 Å². The molecule has 1 fully saturated rings. The van der Waals surface area contributed by atoms with E-state index < -0.39 is 29.1 Å². The zero-order valence-electron chi connectivity index (χ0n) is 10.3. The highest BCUT2D eigenvalue weighted by molar-refractivity contribution is 5.83. The van der Waals surface area contributed by atoms with Crippen molar-refractivity contribution in [2.45, 2.75) is 45.0 Å². The monoisotopic (exact) mass is 264 g/mol. The number of carbonyl (C=O) groups is 2. The molecule has 0 spiro atoms. The van der Waals surface area contributed by atoms with Gasteiger partial charge < -0.3 is 4.89 Å². The van der Waals surface area contributed by atoms with Crippen molar-refractivity contribution >= 4 is 11.8 Å². The van der Waals surface area contributed by atoms with Crippen LogP contribution in [0.4, 0.5) is 0 Å². The van der Waals surface area contributed by atoms with Gasteiger partial charge in [0.05, 0.1) is 6.42 Å². The van der Waals surface area contributed by atoms with Gasteiger partial charge in [0.1, 0.15) is 5.60 Å². The zero-order valence-corrected chi connectivity index (χ0v) is 10.3. The van der Waals surface area contributed by atoms with Crippen molar-refractivity contribution in [2.24, 2.45) is 5.92 Å². The van der Waals surface area contributed by atoms with Crippen LogP contribution in [0.3, 0.4) is 0 Å². The van der Waals surface area contributed by atoms with Crippen LogP contribution in [-0.4, -0.2) is 33.7 Å². The summed E-state index contributed by atoms with van der Waals surface area (Å²) >= 11 is 0. The van der Waals surface area contributed by atoms with Crippen molar-refractivity contribution in [2.75, 3.05) is 0 Å². The molecule has 0 aromatic rings. The van der Waals surface area contributed by atoms with E-state index in [-0.39, 0.29) is 12.8 Å². The minimum atomic E-state index is -1.96. The molecule has 1 aliphatic rings. The second-order valence-corrected chi connectivity index (χ2v) is 4.74. The van der Waals surface area contributed by atoms with Gasteiger partial charge in [-0.15, -0.1) is 0 Å². The Morgan fingerprint density at radius 1 is 1.33 bits per heavy atom. The van der Waals surface area contributed by atoms with Gasteiger partial charge >= 0.3 is 5.97 Å². The van der Waals surface area contributed by atoms with E-state index in [1.807, 2.05) is 0 Å². The Kier molecular flexibility index (Phi) is 4.41. The molecule has 0 saturated carbocycles. The molecular formula is C10H16O8. The van der Waals surface area contributed by atoms with Crippen molar-refractivity contribution in [1.29, 1.82) is 0 Å². The molecule has 0 aliphatic carbocycles. The lowest BCUT2D eigenvalue weighted by molar-refractivity contribution is -0.530. The lowest BCUT2D eigenvalue weighted by atomic mass is 9.81. The van der Waals surface area contributed by atoms with Gasteiger partial charge in [0.2, 0.25) is 0 Å². The molecule has 0 bridgehead atoms. The topological polar surface area (TPSA) is 112 Å². The maximum Gasteiger partial charge on any atom is 0.342 e. The Labute approximate surface area is 103 Å². The molecule has 1 aliphatic heterocycles. The molecule has 1 rings (SSSR count). The normalized spacial score (nSPS) is 30.8. The molecule has 0 amide bonds. The quantitative estimate of drug-likeness (QED) is 0.569. The van der Waals surface area contributed by atoms with Crippen LogP contribution in [0.15, 0.2) is 0 Å². The summed E-state index contributed by atoms with van der Waals surface area (Å²) in [5.41, 5.74) is -0.911. The lowest BCUT2D eigenvalue weighted by Crippen LogP contribution is -2.55. The van der Waals surface area contributed by atoms with Crippen molar-refractivity contribution < 1.29 is 39.7 Å². The summed E-state index contributed by atoms with van der Waals surface area (Å²) in [7, 11) is 0. The molecule has 1 heterocycles. The highest BCUT2D eigenvalue weighted by Crippen LogP contribution is 2.40. The molecule has 2 N–H and O–H groups in total. The van der Waals surface area contributed by atoms with E-state index in [1.54, 1.807) is 13.8 Å². The van der Waals surface area contributed by atoms with Crippen molar-refractivity contribution in [3.63, 3.8) is 0 Å². The Balaban J connectivity index is 2.90. The van der Waals surface area contributed by atoms with Crippen LogP contribution in [0, 0.1) is 5.92 Å². The fourth-order valence-corrected chi connectivity index (χ4v) is 1.72. The van der Waals surface area contributed by atoms with E-state index in [2.05, 4.69) is 9.78 Å². The molecule has 0 aromatic carbocycles. The SMILES string of the molecule is CC(=O)C1(OO)CC(CC(=O)OO)C(C)(C)OO1. The minimum Gasteiger partial charge on any atom is -0.301 e. The van der Waals surface area contributed by atoms with Crippen LogP contribution in [0.2, 0.25) is 0 Å². The molecule has 8 nitrogen and oxygen atoms in total. The van der Waals surface area contributed by atoms with Gasteiger partial charge in [0.15, 0.2) is 5.78 Å². The van der Waals surface area contributed by atoms with Gasteiger partial charge in [-0.3, -0.25) is 4.79 Å². The second-order valence-electron chi connectivity index (χ2n) is 4.74. The minimum absolute atomic E-state index is 0.110. The highest BCUT2D eigenvalue weighted by Gasteiger charge is 2.53. The van der Waals surface area contributed by atoms with Crippen molar-refractivity contribution in [3.8, 4) is 0 Å². The first kappa shape index (κ1) is 15.0.